The second kappa shape index (κ2) is 8.57. The molecule has 0 aromatic heterocycles. The van der Waals surface area contributed by atoms with Crippen LogP contribution in [0.2, 0.25) is 0 Å². The molecule has 0 fully saturated rings. The molecule has 1 N–H and O–H groups in total. The topological polar surface area (TPSA) is 66.5 Å². The lowest BCUT2D eigenvalue weighted by molar-refractivity contribution is -0.114. The Balaban J connectivity index is 1.66. The van der Waals surface area contributed by atoms with E-state index in [2.05, 4.69) is 5.32 Å². The predicted octanol–water partition coefficient (Wildman–Crippen LogP) is 4.81. The Morgan fingerprint density at radius 3 is 2.19 bits per heavy atom. The van der Waals surface area contributed by atoms with Crippen molar-refractivity contribution < 1.29 is 17.6 Å². The van der Waals surface area contributed by atoms with Gasteiger partial charge in [-0.25, -0.2) is 12.8 Å². The van der Waals surface area contributed by atoms with Crippen LogP contribution in [-0.2, 0) is 14.8 Å². The molecule has 156 valence electrons. The molecule has 0 radical (unpaired) electrons. The van der Waals surface area contributed by atoms with Crippen LogP contribution >= 0.6 is 0 Å². The van der Waals surface area contributed by atoms with E-state index < -0.39 is 28.3 Å². The minimum Gasteiger partial charge on any atom is -0.324 e. The average molecular weight is 434 g/mol. The number of hydrogen-bond acceptors (Lipinski definition) is 3. The average Bonchev–Trinajstić information content (AvgIpc) is 2.78. The molecule has 0 saturated heterocycles. The van der Waals surface area contributed by atoms with Crippen LogP contribution in [-0.4, -0.2) is 20.9 Å². The van der Waals surface area contributed by atoms with Crippen LogP contribution in [0.25, 0.3) is 10.8 Å². The molecule has 0 atom stereocenters. The van der Waals surface area contributed by atoms with Crippen LogP contribution < -0.4 is 9.62 Å². The molecule has 4 aromatic rings. The van der Waals surface area contributed by atoms with E-state index in [1.54, 1.807) is 36.4 Å². The molecular formula is C24H19FN2O3S. The van der Waals surface area contributed by atoms with Gasteiger partial charge in [0.15, 0.2) is 0 Å². The number of halogens is 1. The number of carbonyl (C=O) groups excluding carboxylic acids is 1. The maximum atomic E-state index is 13.3. The molecule has 31 heavy (non-hydrogen) atoms. The number of benzene rings is 4. The van der Waals surface area contributed by atoms with Crippen LogP contribution in [0.4, 0.5) is 15.8 Å². The van der Waals surface area contributed by atoms with Gasteiger partial charge in [-0.05, 0) is 47.9 Å². The first-order chi connectivity index (χ1) is 14.9. The lowest BCUT2D eigenvalue weighted by Crippen LogP contribution is -2.38. The van der Waals surface area contributed by atoms with E-state index in [4.69, 9.17) is 0 Å². The third kappa shape index (κ3) is 4.41. The molecule has 5 nitrogen and oxygen atoms in total. The Kier molecular flexibility index (Phi) is 5.68. The number of hydrogen-bond donors (Lipinski definition) is 1. The normalized spacial score (nSPS) is 11.3. The largest absolute Gasteiger partial charge is 0.324 e. The highest BCUT2D eigenvalue weighted by Crippen LogP contribution is 2.25. The second-order valence-electron chi connectivity index (χ2n) is 6.88. The maximum absolute atomic E-state index is 13.3. The van der Waals surface area contributed by atoms with Gasteiger partial charge in [0.25, 0.3) is 10.0 Å². The zero-order valence-corrected chi connectivity index (χ0v) is 17.2. The molecule has 4 aromatic carbocycles. The van der Waals surface area contributed by atoms with Gasteiger partial charge in [-0.15, -0.1) is 0 Å². The number of para-hydroxylation sites is 1. The van der Waals surface area contributed by atoms with Crippen molar-refractivity contribution in [2.24, 2.45) is 0 Å². The molecule has 1 amide bonds. The summed E-state index contributed by atoms with van der Waals surface area (Å²) in [4.78, 5) is 12.8. The van der Waals surface area contributed by atoms with Gasteiger partial charge in [-0.1, -0.05) is 54.6 Å². The van der Waals surface area contributed by atoms with Crippen molar-refractivity contribution in [1.82, 2.24) is 0 Å². The number of sulfonamides is 1. The van der Waals surface area contributed by atoms with Gasteiger partial charge in [0.2, 0.25) is 5.91 Å². The summed E-state index contributed by atoms with van der Waals surface area (Å²) < 4.78 is 40.9. The summed E-state index contributed by atoms with van der Waals surface area (Å²) in [6.45, 7) is -0.438. The highest BCUT2D eigenvalue weighted by molar-refractivity contribution is 7.92. The quantitative estimate of drug-likeness (QED) is 0.473. The Morgan fingerprint density at radius 2 is 1.45 bits per heavy atom. The zero-order valence-electron chi connectivity index (χ0n) is 16.4. The standard InChI is InChI=1S/C24H19FN2O3S/c25-19-13-15-21(16-14-19)31(29,30)27(20-9-2-1-3-10-20)17-24(28)26-23-12-6-8-18-7-4-5-11-22(18)23/h1-16H,17H2,(H,26,28). The Bertz CT molecular complexity index is 1320. The predicted molar refractivity (Wildman–Crippen MR) is 120 cm³/mol. The highest BCUT2D eigenvalue weighted by Gasteiger charge is 2.27. The second-order valence-corrected chi connectivity index (χ2v) is 8.74. The van der Waals surface area contributed by atoms with Crippen molar-refractivity contribution in [3.8, 4) is 0 Å². The SMILES string of the molecule is O=C(CN(c1ccccc1)S(=O)(=O)c1ccc(F)cc1)Nc1cccc2ccccc12. The molecule has 0 bridgehead atoms. The molecule has 0 heterocycles. The fourth-order valence-electron chi connectivity index (χ4n) is 3.30. The van der Waals surface area contributed by atoms with Gasteiger partial charge in [-0.3, -0.25) is 9.10 Å². The number of nitrogens with zero attached hydrogens (tertiary/aromatic N) is 1. The molecule has 0 aliphatic rings. The summed E-state index contributed by atoms with van der Waals surface area (Å²) >= 11 is 0. The Morgan fingerprint density at radius 1 is 0.806 bits per heavy atom. The minimum absolute atomic E-state index is 0.101. The summed E-state index contributed by atoms with van der Waals surface area (Å²) in [6.07, 6.45) is 0. The highest BCUT2D eigenvalue weighted by atomic mass is 32.2. The third-order valence-electron chi connectivity index (χ3n) is 4.80. The third-order valence-corrected chi connectivity index (χ3v) is 6.58. The number of anilines is 2. The number of fused-ring (bicyclic) bond motifs is 1. The van der Waals surface area contributed by atoms with Gasteiger partial charge in [-0.2, -0.15) is 0 Å². The number of nitrogens with one attached hydrogen (secondary N) is 1. The molecule has 4 rings (SSSR count). The van der Waals surface area contributed by atoms with E-state index in [0.29, 0.717) is 11.4 Å². The van der Waals surface area contributed by atoms with Crippen molar-refractivity contribution in [3.63, 3.8) is 0 Å². The monoisotopic (exact) mass is 434 g/mol. The molecule has 0 aliphatic heterocycles. The van der Waals surface area contributed by atoms with Gasteiger partial charge in [0.05, 0.1) is 10.6 Å². The van der Waals surface area contributed by atoms with Crippen molar-refractivity contribution in [3.05, 3.63) is 103 Å². The lowest BCUT2D eigenvalue weighted by Gasteiger charge is -2.24. The first-order valence-corrected chi connectivity index (χ1v) is 11.0. The fourth-order valence-corrected chi connectivity index (χ4v) is 4.72. The Labute approximate surface area is 179 Å². The summed E-state index contributed by atoms with van der Waals surface area (Å²) in [5.74, 6) is -1.04. The van der Waals surface area contributed by atoms with Crippen molar-refractivity contribution in [1.29, 1.82) is 0 Å². The first kappa shape index (κ1) is 20.6. The van der Waals surface area contributed by atoms with E-state index in [1.165, 1.54) is 12.1 Å². The lowest BCUT2D eigenvalue weighted by atomic mass is 10.1. The van der Waals surface area contributed by atoms with E-state index in [-0.39, 0.29) is 4.90 Å². The van der Waals surface area contributed by atoms with E-state index >= 15 is 0 Å². The smallest absolute Gasteiger partial charge is 0.264 e. The minimum atomic E-state index is -4.09. The number of rotatable bonds is 6. The van der Waals surface area contributed by atoms with Crippen LogP contribution in [0.1, 0.15) is 0 Å². The maximum Gasteiger partial charge on any atom is 0.264 e. The summed E-state index contributed by atoms with van der Waals surface area (Å²) in [6, 6.07) is 26.0. The Hall–Kier alpha value is -3.71. The summed E-state index contributed by atoms with van der Waals surface area (Å²) in [5, 5.41) is 4.62. The molecule has 0 saturated carbocycles. The van der Waals surface area contributed by atoms with Gasteiger partial charge in [0.1, 0.15) is 12.4 Å². The molecule has 0 aliphatic carbocycles. The first-order valence-electron chi connectivity index (χ1n) is 9.56. The number of carbonyl (C=O) groups is 1. The fraction of sp³-hybridized carbons (Fsp3) is 0.0417. The summed E-state index contributed by atoms with van der Waals surface area (Å²) in [5.41, 5.74) is 0.926. The number of amides is 1. The molecule has 0 unspecified atom stereocenters. The zero-order chi connectivity index (χ0) is 21.8. The van der Waals surface area contributed by atoms with Crippen LogP contribution in [0.5, 0.6) is 0 Å². The van der Waals surface area contributed by atoms with Gasteiger partial charge < -0.3 is 5.32 Å². The molecule has 0 spiro atoms. The van der Waals surface area contributed by atoms with Gasteiger partial charge in [0, 0.05) is 11.1 Å². The van der Waals surface area contributed by atoms with Crippen LogP contribution in [0.3, 0.4) is 0 Å². The van der Waals surface area contributed by atoms with Crippen LogP contribution in [0, 0.1) is 5.82 Å². The van der Waals surface area contributed by atoms with E-state index in [9.17, 15) is 17.6 Å². The van der Waals surface area contributed by atoms with Crippen molar-refractivity contribution in [2.75, 3.05) is 16.2 Å². The van der Waals surface area contributed by atoms with Crippen LogP contribution in [0.15, 0.2) is 102 Å². The van der Waals surface area contributed by atoms with E-state index in [1.807, 2.05) is 36.4 Å². The van der Waals surface area contributed by atoms with Gasteiger partial charge >= 0.3 is 0 Å². The van der Waals surface area contributed by atoms with Crippen molar-refractivity contribution >= 4 is 38.1 Å². The van der Waals surface area contributed by atoms with E-state index in [0.717, 1.165) is 27.2 Å². The molecule has 7 heteroatoms. The molecular weight excluding hydrogens is 415 g/mol. The summed E-state index contributed by atoms with van der Waals surface area (Å²) in [7, 11) is -4.09. The van der Waals surface area contributed by atoms with Crippen molar-refractivity contribution in [2.45, 2.75) is 4.90 Å².